The Bertz CT molecular complexity index is 152. The maximum Gasteiger partial charge on any atom is 0.409 e. The predicted molar refractivity (Wildman–Crippen MR) is 47.9 cm³/mol. The molecule has 0 spiro atoms. The van der Waals surface area contributed by atoms with Crippen LogP contribution in [0.25, 0.3) is 0 Å². The second-order valence-corrected chi connectivity index (χ2v) is 3.58. The van der Waals surface area contributed by atoms with Crippen LogP contribution in [-0.2, 0) is 4.74 Å². The molecule has 0 aromatic carbocycles. The molecule has 4 heteroatoms. The number of carbonyl (C=O) groups excluding carboxylic acids is 1. The molecule has 4 nitrogen and oxygen atoms in total. The van der Waals surface area contributed by atoms with Gasteiger partial charge in [0, 0.05) is 18.6 Å². The molecule has 1 amide bonds. The molecule has 0 heterocycles. The molecule has 0 saturated carbocycles. The van der Waals surface area contributed by atoms with Crippen LogP contribution in [-0.4, -0.2) is 36.7 Å². The van der Waals surface area contributed by atoms with Gasteiger partial charge in [0.1, 0.15) is 0 Å². The van der Waals surface area contributed by atoms with Crippen molar-refractivity contribution in [2.45, 2.75) is 26.3 Å². The number of hydrogen-bond donors (Lipinski definition) is 1. The molecular weight excluding hydrogens is 156 g/mol. The summed E-state index contributed by atoms with van der Waals surface area (Å²) < 4.78 is 4.62. The second kappa shape index (κ2) is 4.30. The Morgan fingerprint density at radius 1 is 1.50 bits per heavy atom. The molecule has 0 bridgehead atoms. The van der Waals surface area contributed by atoms with Gasteiger partial charge in [-0.2, -0.15) is 0 Å². The van der Waals surface area contributed by atoms with Gasteiger partial charge in [0.15, 0.2) is 0 Å². The lowest BCUT2D eigenvalue weighted by molar-refractivity contribution is 0.0856. The number of nitrogens with two attached hydrogens (primary N) is 1. The molecule has 0 atom stereocenters. The third-order valence-electron chi connectivity index (χ3n) is 1.56. The van der Waals surface area contributed by atoms with E-state index in [4.69, 9.17) is 5.73 Å². The first-order chi connectivity index (χ1) is 5.43. The molecule has 2 N–H and O–H groups in total. The molecule has 0 aliphatic heterocycles. The summed E-state index contributed by atoms with van der Waals surface area (Å²) in [5.41, 5.74) is 5.14. The Labute approximate surface area is 73.7 Å². The third kappa shape index (κ3) is 3.09. The van der Waals surface area contributed by atoms with Gasteiger partial charge in [0.2, 0.25) is 0 Å². The molecule has 0 unspecified atom stereocenters. The molecule has 0 aromatic rings. The van der Waals surface area contributed by atoms with Crippen molar-refractivity contribution < 1.29 is 9.53 Å². The van der Waals surface area contributed by atoms with Gasteiger partial charge >= 0.3 is 6.09 Å². The van der Waals surface area contributed by atoms with E-state index in [1.165, 1.54) is 7.11 Å². The van der Waals surface area contributed by atoms with Crippen LogP contribution in [0.3, 0.4) is 0 Å². The van der Waals surface area contributed by atoms with Crippen LogP contribution in [0.1, 0.15) is 20.8 Å². The first-order valence-corrected chi connectivity index (χ1v) is 3.99. The third-order valence-corrected chi connectivity index (χ3v) is 1.56. The summed E-state index contributed by atoms with van der Waals surface area (Å²) in [6.45, 7) is 6.81. The minimum Gasteiger partial charge on any atom is -0.453 e. The SMILES string of the molecule is COC(=O)N(CCN)C(C)(C)C. The average Bonchev–Trinajstić information content (AvgIpc) is 1.96. The highest BCUT2D eigenvalue weighted by Gasteiger charge is 2.25. The molecule has 0 aliphatic rings. The summed E-state index contributed by atoms with van der Waals surface area (Å²) in [5, 5.41) is 0. The molecule has 72 valence electrons. The summed E-state index contributed by atoms with van der Waals surface area (Å²) in [7, 11) is 1.37. The molecule has 12 heavy (non-hydrogen) atoms. The highest BCUT2D eigenvalue weighted by Crippen LogP contribution is 2.13. The summed E-state index contributed by atoms with van der Waals surface area (Å²) in [5.74, 6) is 0. The lowest BCUT2D eigenvalue weighted by Crippen LogP contribution is -2.47. The first kappa shape index (κ1) is 11.2. The van der Waals surface area contributed by atoms with Crippen molar-refractivity contribution in [3.8, 4) is 0 Å². The van der Waals surface area contributed by atoms with Crippen LogP contribution in [0.2, 0.25) is 0 Å². The van der Waals surface area contributed by atoms with Crippen molar-refractivity contribution in [1.82, 2.24) is 4.90 Å². The Hall–Kier alpha value is -0.770. The number of hydrogen-bond acceptors (Lipinski definition) is 3. The zero-order valence-corrected chi connectivity index (χ0v) is 8.26. The highest BCUT2D eigenvalue weighted by molar-refractivity contribution is 5.68. The summed E-state index contributed by atoms with van der Waals surface area (Å²) in [4.78, 5) is 12.8. The number of ether oxygens (including phenoxy) is 1. The van der Waals surface area contributed by atoms with Crippen LogP contribution < -0.4 is 5.73 Å². The van der Waals surface area contributed by atoms with Crippen LogP contribution in [0.15, 0.2) is 0 Å². The van der Waals surface area contributed by atoms with Crippen molar-refractivity contribution in [3.63, 3.8) is 0 Å². The van der Waals surface area contributed by atoms with Crippen molar-refractivity contribution >= 4 is 6.09 Å². The van der Waals surface area contributed by atoms with E-state index in [1.807, 2.05) is 20.8 Å². The predicted octanol–water partition coefficient (Wildman–Crippen LogP) is 0.812. The molecular formula is C8H18N2O2. The van der Waals surface area contributed by atoms with E-state index in [0.29, 0.717) is 13.1 Å². The maximum atomic E-state index is 11.2. The Kier molecular flexibility index (Phi) is 4.03. The fraction of sp³-hybridized carbons (Fsp3) is 0.875. The van der Waals surface area contributed by atoms with E-state index in [0.717, 1.165) is 0 Å². The Morgan fingerprint density at radius 2 is 2.00 bits per heavy atom. The quantitative estimate of drug-likeness (QED) is 0.674. The van der Waals surface area contributed by atoms with Crippen LogP contribution >= 0.6 is 0 Å². The first-order valence-electron chi connectivity index (χ1n) is 3.99. The van der Waals surface area contributed by atoms with Crippen molar-refractivity contribution in [3.05, 3.63) is 0 Å². The van der Waals surface area contributed by atoms with E-state index in [-0.39, 0.29) is 11.6 Å². The number of nitrogens with zero attached hydrogens (tertiary/aromatic N) is 1. The lowest BCUT2D eigenvalue weighted by Gasteiger charge is -2.33. The van der Waals surface area contributed by atoms with E-state index in [2.05, 4.69) is 4.74 Å². The van der Waals surface area contributed by atoms with E-state index >= 15 is 0 Å². The van der Waals surface area contributed by atoms with E-state index in [9.17, 15) is 4.79 Å². The largest absolute Gasteiger partial charge is 0.453 e. The Balaban J connectivity index is 4.33. The highest BCUT2D eigenvalue weighted by atomic mass is 16.5. The van der Waals surface area contributed by atoms with Crippen molar-refractivity contribution in [2.24, 2.45) is 5.73 Å². The summed E-state index contributed by atoms with van der Waals surface area (Å²) in [6, 6.07) is 0. The van der Waals surface area contributed by atoms with Gasteiger partial charge in [-0.25, -0.2) is 4.79 Å². The fourth-order valence-corrected chi connectivity index (χ4v) is 0.940. The van der Waals surface area contributed by atoms with Gasteiger partial charge < -0.3 is 15.4 Å². The number of rotatable bonds is 2. The topological polar surface area (TPSA) is 55.6 Å². The van der Waals surface area contributed by atoms with E-state index in [1.54, 1.807) is 4.90 Å². The molecule has 0 rings (SSSR count). The standard InChI is InChI=1S/C8H18N2O2/c1-8(2,3)10(6-5-9)7(11)12-4/h5-6,9H2,1-4H3. The van der Waals surface area contributed by atoms with Crippen LogP contribution in [0, 0.1) is 0 Å². The van der Waals surface area contributed by atoms with Crippen molar-refractivity contribution in [2.75, 3.05) is 20.2 Å². The summed E-state index contributed by atoms with van der Waals surface area (Å²) >= 11 is 0. The maximum absolute atomic E-state index is 11.2. The van der Waals surface area contributed by atoms with Gasteiger partial charge in [0.05, 0.1) is 7.11 Å². The van der Waals surface area contributed by atoms with Gasteiger partial charge in [-0.1, -0.05) is 0 Å². The van der Waals surface area contributed by atoms with Gasteiger partial charge in [0.25, 0.3) is 0 Å². The zero-order valence-electron chi connectivity index (χ0n) is 8.26. The van der Waals surface area contributed by atoms with Crippen LogP contribution in [0.5, 0.6) is 0 Å². The minimum atomic E-state index is -0.326. The van der Waals surface area contributed by atoms with E-state index < -0.39 is 0 Å². The Morgan fingerprint density at radius 3 is 2.25 bits per heavy atom. The molecule has 0 fully saturated rings. The zero-order chi connectivity index (χ0) is 9.78. The molecule has 0 aliphatic carbocycles. The summed E-state index contributed by atoms with van der Waals surface area (Å²) in [6.07, 6.45) is -0.326. The lowest BCUT2D eigenvalue weighted by atomic mass is 10.1. The number of carbonyl (C=O) groups is 1. The van der Waals surface area contributed by atoms with Crippen molar-refractivity contribution in [1.29, 1.82) is 0 Å². The number of amides is 1. The van der Waals surface area contributed by atoms with Gasteiger partial charge in [-0.3, -0.25) is 0 Å². The van der Waals surface area contributed by atoms with Gasteiger partial charge in [-0.15, -0.1) is 0 Å². The van der Waals surface area contributed by atoms with Crippen LogP contribution in [0.4, 0.5) is 4.79 Å². The smallest absolute Gasteiger partial charge is 0.409 e. The van der Waals surface area contributed by atoms with Gasteiger partial charge in [-0.05, 0) is 20.8 Å². The fourth-order valence-electron chi connectivity index (χ4n) is 0.940. The molecule has 0 aromatic heterocycles. The number of methoxy groups -OCH3 is 1. The normalized spacial score (nSPS) is 11.1. The average molecular weight is 174 g/mol. The monoisotopic (exact) mass is 174 g/mol. The second-order valence-electron chi connectivity index (χ2n) is 3.58. The molecule has 0 saturated heterocycles. The molecule has 0 radical (unpaired) electrons. The minimum absolute atomic E-state index is 0.230.